The van der Waals surface area contributed by atoms with Gasteiger partial charge in [-0.3, -0.25) is 9.59 Å². The molecule has 1 atom stereocenters. The lowest BCUT2D eigenvalue weighted by Gasteiger charge is -2.32. The van der Waals surface area contributed by atoms with Crippen molar-refractivity contribution >= 4 is 33.4 Å². The summed E-state index contributed by atoms with van der Waals surface area (Å²) in [5.41, 5.74) is 1.97. The molecule has 5 nitrogen and oxygen atoms in total. The van der Waals surface area contributed by atoms with Crippen molar-refractivity contribution in [3.05, 3.63) is 65.2 Å². The van der Waals surface area contributed by atoms with Gasteiger partial charge in [0.1, 0.15) is 0 Å². The minimum Gasteiger partial charge on any atom is -0.347 e. The van der Waals surface area contributed by atoms with Gasteiger partial charge in [0, 0.05) is 19.0 Å². The van der Waals surface area contributed by atoms with Gasteiger partial charge in [-0.2, -0.15) is 0 Å². The molecule has 0 aliphatic carbocycles. The molecule has 4 rings (SSSR count). The molecule has 1 aliphatic rings. The second-order valence-corrected chi connectivity index (χ2v) is 8.20. The number of hydrogen-bond acceptors (Lipinski definition) is 4. The second kappa shape index (κ2) is 8.52. The van der Waals surface area contributed by atoms with Crippen LogP contribution in [-0.4, -0.2) is 41.3 Å². The number of carbonyl (C=O) groups is 2. The fraction of sp³-hybridized carbons (Fsp3) is 0.318. The molecule has 2 heterocycles. The molecule has 0 saturated carbocycles. The first-order chi connectivity index (χ1) is 13.7. The number of benzene rings is 2. The highest BCUT2D eigenvalue weighted by atomic mass is 32.1. The van der Waals surface area contributed by atoms with E-state index in [1.165, 1.54) is 4.70 Å². The highest BCUT2D eigenvalue weighted by molar-refractivity contribution is 7.18. The lowest BCUT2D eigenvalue weighted by Crippen LogP contribution is -2.44. The number of piperidine rings is 1. The van der Waals surface area contributed by atoms with Crippen LogP contribution in [0, 0.1) is 0 Å². The SMILES string of the molecule is O=C(Cc1ccccc1)NCC(=O)N1CCC[C@@H](c2nc3ccccc3s2)C1. The standard InChI is InChI=1S/C22H23N3O2S/c26-20(13-16-7-2-1-3-8-16)23-14-21(27)25-12-6-9-17(15-25)22-24-18-10-4-5-11-19(18)28-22/h1-5,7-8,10-11,17H,6,9,12-15H2,(H,23,26)/t17-/m1/s1. The average Bonchev–Trinajstić information content (AvgIpc) is 3.17. The minimum atomic E-state index is -0.126. The van der Waals surface area contributed by atoms with E-state index in [-0.39, 0.29) is 24.3 Å². The molecule has 6 heteroatoms. The second-order valence-electron chi connectivity index (χ2n) is 7.14. The van der Waals surface area contributed by atoms with Crippen LogP contribution < -0.4 is 5.32 Å². The Morgan fingerprint density at radius 1 is 1.11 bits per heavy atom. The minimum absolute atomic E-state index is 0.0211. The van der Waals surface area contributed by atoms with Gasteiger partial charge in [-0.15, -0.1) is 11.3 Å². The van der Waals surface area contributed by atoms with E-state index in [0.717, 1.165) is 35.5 Å². The van der Waals surface area contributed by atoms with Crippen LogP contribution in [0.5, 0.6) is 0 Å². The van der Waals surface area contributed by atoms with E-state index in [2.05, 4.69) is 11.4 Å². The Morgan fingerprint density at radius 3 is 2.71 bits per heavy atom. The van der Waals surface area contributed by atoms with Crippen molar-refractivity contribution in [3.63, 3.8) is 0 Å². The lowest BCUT2D eigenvalue weighted by molar-refractivity contribution is -0.133. The summed E-state index contributed by atoms with van der Waals surface area (Å²) in [4.78, 5) is 31.3. The van der Waals surface area contributed by atoms with Crippen molar-refractivity contribution in [2.24, 2.45) is 0 Å². The number of aromatic nitrogens is 1. The van der Waals surface area contributed by atoms with Gasteiger partial charge in [0.15, 0.2) is 0 Å². The number of para-hydroxylation sites is 1. The van der Waals surface area contributed by atoms with Gasteiger partial charge < -0.3 is 10.2 Å². The normalized spacial score (nSPS) is 16.9. The third kappa shape index (κ3) is 4.39. The lowest BCUT2D eigenvalue weighted by atomic mass is 9.98. The quantitative estimate of drug-likeness (QED) is 0.723. The Hall–Kier alpha value is -2.73. The maximum absolute atomic E-state index is 12.6. The third-order valence-corrected chi connectivity index (χ3v) is 6.28. The molecule has 0 unspecified atom stereocenters. The Bertz CT molecular complexity index is 937. The Balaban J connectivity index is 1.32. The van der Waals surface area contributed by atoms with Gasteiger partial charge in [-0.05, 0) is 30.5 Å². The first-order valence-electron chi connectivity index (χ1n) is 9.63. The number of fused-ring (bicyclic) bond motifs is 1. The molecular formula is C22H23N3O2S. The number of amides is 2. The van der Waals surface area contributed by atoms with Gasteiger partial charge in [-0.1, -0.05) is 42.5 Å². The Kier molecular flexibility index (Phi) is 5.67. The zero-order valence-electron chi connectivity index (χ0n) is 15.6. The van der Waals surface area contributed by atoms with Crippen molar-refractivity contribution in [2.45, 2.75) is 25.2 Å². The van der Waals surface area contributed by atoms with E-state index in [9.17, 15) is 9.59 Å². The number of likely N-dealkylation sites (tertiary alicyclic amines) is 1. The van der Waals surface area contributed by atoms with E-state index >= 15 is 0 Å². The Morgan fingerprint density at radius 2 is 1.89 bits per heavy atom. The molecule has 28 heavy (non-hydrogen) atoms. The van der Waals surface area contributed by atoms with Crippen LogP contribution in [0.4, 0.5) is 0 Å². The fourth-order valence-electron chi connectivity index (χ4n) is 3.60. The molecule has 1 N–H and O–H groups in total. The Labute approximate surface area is 168 Å². The van der Waals surface area contributed by atoms with Crippen molar-refractivity contribution in [3.8, 4) is 0 Å². The summed E-state index contributed by atoms with van der Waals surface area (Å²) in [6, 6.07) is 17.7. The maximum Gasteiger partial charge on any atom is 0.241 e. The summed E-state index contributed by atoms with van der Waals surface area (Å²) in [6.45, 7) is 1.47. The first-order valence-corrected chi connectivity index (χ1v) is 10.4. The van der Waals surface area contributed by atoms with Crippen molar-refractivity contribution < 1.29 is 9.59 Å². The fourth-order valence-corrected chi connectivity index (χ4v) is 4.69. The number of thiazole rings is 1. The molecule has 1 aliphatic heterocycles. The summed E-state index contributed by atoms with van der Waals surface area (Å²) in [5, 5.41) is 3.86. The van der Waals surface area contributed by atoms with Crippen LogP contribution in [0.25, 0.3) is 10.2 Å². The molecule has 0 spiro atoms. The van der Waals surface area contributed by atoms with E-state index in [1.54, 1.807) is 11.3 Å². The van der Waals surface area contributed by atoms with Gasteiger partial charge >= 0.3 is 0 Å². The number of nitrogens with zero attached hydrogens (tertiary/aromatic N) is 2. The highest BCUT2D eigenvalue weighted by Gasteiger charge is 2.27. The summed E-state index contributed by atoms with van der Waals surface area (Å²) in [7, 11) is 0. The molecule has 144 valence electrons. The summed E-state index contributed by atoms with van der Waals surface area (Å²) in [6.07, 6.45) is 2.30. The topological polar surface area (TPSA) is 62.3 Å². The summed E-state index contributed by atoms with van der Waals surface area (Å²) < 4.78 is 1.19. The summed E-state index contributed by atoms with van der Waals surface area (Å²) >= 11 is 1.72. The van der Waals surface area contributed by atoms with Crippen LogP contribution in [0.2, 0.25) is 0 Å². The molecule has 1 aromatic heterocycles. The molecule has 3 aromatic rings. The maximum atomic E-state index is 12.6. The third-order valence-electron chi connectivity index (χ3n) is 5.08. The molecule has 0 radical (unpaired) electrons. The average molecular weight is 394 g/mol. The number of rotatable bonds is 5. The van der Waals surface area contributed by atoms with Gasteiger partial charge in [-0.25, -0.2) is 4.98 Å². The largest absolute Gasteiger partial charge is 0.347 e. The van der Waals surface area contributed by atoms with Crippen molar-refractivity contribution in [1.29, 1.82) is 0 Å². The number of hydrogen-bond donors (Lipinski definition) is 1. The van der Waals surface area contributed by atoms with Crippen LogP contribution in [-0.2, 0) is 16.0 Å². The van der Waals surface area contributed by atoms with Crippen LogP contribution in [0.15, 0.2) is 54.6 Å². The van der Waals surface area contributed by atoms with Gasteiger partial charge in [0.25, 0.3) is 0 Å². The van der Waals surface area contributed by atoms with Crippen molar-refractivity contribution in [1.82, 2.24) is 15.2 Å². The van der Waals surface area contributed by atoms with E-state index in [1.807, 2.05) is 53.4 Å². The molecule has 1 fully saturated rings. The van der Waals surface area contributed by atoms with E-state index < -0.39 is 0 Å². The predicted molar refractivity (Wildman–Crippen MR) is 111 cm³/mol. The van der Waals surface area contributed by atoms with Gasteiger partial charge in [0.05, 0.1) is 28.2 Å². The first kappa shape index (κ1) is 18.6. The zero-order valence-corrected chi connectivity index (χ0v) is 16.5. The predicted octanol–water partition coefficient (Wildman–Crippen LogP) is 3.36. The van der Waals surface area contributed by atoms with E-state index in [0.29, 0.717) is 13.0 Å². The van der Waals surface area contributed by atoms with E-state index in [4.69, 9.17) is 4.98 Å². The number of nitrogens with one attached hydrogen (secondary N) is 1. The van der Waals surface area contributed by atoms with Crippen molar-refractivity contribution in [2.75, 3.05) is 19.6 Å². The van der Waals surface area contributed by atoms with Crippen LogP contribution >= 0.6 is 11.3 Å². The molecule has 2 aromatic carbocycles. The molecule has 0 bridgehead atoms. The molecule has 2 amide bonds. The summed E-state index contributed by atoms with van der Waals surface area (Å²) in [5.74, 6) is 0.127. The molecular weight excluding hydrogens is 370 g/mol. The van der Waals surface area contributed by atoms with Crippen LogP contribution in [0.3, 0.4) is 0 Å². The monoisotopic (exact) mass is 393 g/mol. The van der Waals surface area contributed by atoms with Crippen LogP contribution in [0.1, 0.15) is 29.3 Å². The zero-order chi connectivity index (χ0) is 19.3. The smallest absolute Gasteiger partial charge is 0.241 e. The highest BCUT2D eigenvalue weighted by Crippen LogP contribution is 2.32. The number of carbonyl (C=O) groups excluding carboxylic acids is 2. The van der Waals surface area contributed by atoms with Gasteiger partial charge in [0.2, 0.25) is 11.8 Å². The molecule has 1 saturated heterocycles.